The van der Waals surface area contributed by atoms with E-state index in [9.17, 15) is 18.8 Å². The number of imidazole rings is 1. The smallest absolute Gasteiger partial charge is 0.411 e. The molecule has 0 saturated heterocycles. The number of amides is 3. The molecule has 2 atom stereocenters. The van der Waals surface area contributed by atoms with E-state index in [1.807, 2.05) is 0 Å². The second-order valence-electron chi connectivity index (χ2n) is 9.92. The molecular formula is C28H27ClF2N6O4. The third-order valence-corrected chi connectivity index (χ3v) is 7.43. The van der Waals surface area contributed by atoms with Crippen molar-refractivity contribution in [1.82, 2.24) is 19.9 Å². The van der Waals surface area contributed by atoms with Crippen molar-refractivity contribution in [3.63, 3.8) is 0 Å². The maximum Gasteiger partial charge on any atom is 0.411 e. The van der Waals surface area contributed by atoms with E-state index in [0.717, 1.165) is 6.07 Å². The van der Waals surface area contributed by atoms with E-state index in [4.69, 9.17) is 11.6 Å². The predicted octanol–water partition coefficient (Wildman–Crippen LogP) is 5.91. The van der Waals surface area contributed by atoms with Gasteiger partial charge < -0.3 is 24.9 Å². The summed E-state index contributed by atoms with van der Waals surface area (Å²) in [6.07, 6.45) is 2.15. The van der Waals surface area contributed by atoms with Gasteiger partial charge in [0.25, 0.3) is 5.91 Å². The second-order valence-corrected chi connectivity index (χ2v) is 10.3. The van der Waals surface area contributed by atoms with Gasteiger partial charge in [-0.15, -0.1) is 0 Å². The maximum absolute atomic E-state index is 15.3. The van der Waals surface area contributed by atoms with Crippen LogP contribution in [-0.4, -0.2) is 39.6 Å². The van der Waals surface area contributed by atoms with Gasteiger partial charge in [0.15, 0.2) is 0 Å². The van der Waals surface area contributed by atoms with Crippen LogP contribution in [0.4, 0.5) is 25.0 Å². The molecule has 10 nitrogen and oxygen atoms in total. The molecule has 2 aromatic heterocycles. The number of fused-ring (bicyclic) bond motifs is 5. The normalized spacial score (nSPS) is 17.2. The van der Waals surface area contributed by atoms with Crippen LogP contribution >= 0.6 is 11.6 Å². The summed E-state index contributed by atoms with van der Waals surface area (Å²) in [6.45, 7) is 1.77. The summed E-state index contributed by atoms with van der Waals surface area (Å²) < 4.78 is 36.5. The molecule has 4 N–H and O–H groups in total. The number of hydrogen-bond acceptors (Lipinski definition) is 5. The van der Waals surface area contributed by atoms with E-state index in [1.165, 1.54) is 13.2 Å². The van der Waals surface area contributed by atoms with E-state index in [1.54, 1.807) is 42.9 Å². The van der Waals surface area contributed by atoms with Crippen LogP contribution in [0.3, 0.4) is 0 Å². The number of methoxy groups -OCH3 is 1. The van der Waals surface area contributed by atoms with Crippen molar-refractivity contribution >= 4 is 51.8 Å². The van der Waals surface area contributed by atoms with E-state index in [-0.39, 0.29) is 28.0 Å². The van der Waals surface area contributed by atoms with Gasteiger partial charge in [0.1, 0.15) is 33.9 Å². The van der Waals surface area contributed by atoms with E-state index in [0.29, 0.717) is 41.7 Å². The topological polar surface area (TPSA) is 130 Å². The minimum Gasteiger partial charge on any atom is -0.453 e. The number of aromatic amines is 1. The van der Waals surface area contributed by atoms with Crippen LogP contribution in [0, 0.1) is 17.6 Å². The van der Waals surface area contributed by atoms with Crippen molar-refractivity contribution in [2.24, 2.45) is 13.0 Å². The lowest BCUT2D eigenvalue weighted by Crippen LogP contribution is -2.31. The number of rotatable bonds is 3. The lowest BCUT2D eigenvalue weighted by atomic mass is 9.99. The Morgan fingerprint density at radius 1 is 1.20 bits per heavy atom. The molecule has 0 fully saturated rings. The molecule has 2 aromatic carbocycles. The number of anilines is 2. The van der Waals surface area contributed by atoms with Crippen molar-refractivity contribution in [3.05, 3.63) is 64.7 Å². The fourth-order valence-electron chi connectivity index (χ4n) is 4.88. The summed E-state index contributed by atoms with van der Waals surface area (Å²) in [6, 6.07) is 6.57. The van der Waals surface area contributed by atoms with Crippen molar-refractivity contribution in [3.8, 4) is 11.3 Å². The molecule has 0 radical (unpaired) electrons. The molecule has 0 aliphatic carbocycles. The van der Waals surface area contributed by atoms with E-state index in [2.05, 4.69) is 30.7 Å². The Kier molecular flexibility index (Phi) is 7.68. The van der Waals surface area contributed by atoms with Crippen molar-refractivity contribution in [1.29, 1.82) is 0 Å². The number of nitrogens with zero attached hydrogens (tertiary/aromatic N) is 2. The number of carbonyl (C=O) groups is 3. The molecule has 0 saturated carbocycles. The summed E-state index contributed by atoms with van der Waals surface area (Å²) >= 11 is 6.54. The third-order valence-electron chi connectivity index (χ3n) is 7.16. The number of carbonyl (C=O) groups excluding carboxylic acids is 3. The molecule has 5 rings (SSSR count). The van der Waals surface area contributed by atoms with Gasteiger partial charge in [0, 0.05) is 35.8 Å². The number of benzene rings is 2. The van der Waals surface area contributed by atoms with Gasteiger partial charge in [-0.2, -0.15) is 0 Å². The zero-order chi connectivity index (χ0) is 29.4. The number of nitrogens with one attached hydrogen (secondary N) is 4. The molecule has 13 heteroatoms. The number of aromatic nitrogens is 3. The molecule has 3 heterocycles. The summed E-state index contributed by atoms with van der Waals surface area (Å²) in [5.41, 5.74) is 1.06. The molecule has 41 heavy (non-hydrogen) atoms. The molecule has 4 aromatic rings. The van der Waals surface area contributed by atoms with Crippen molar-refractivity contribution in [2.45, 2.75) is 32.2 Å². The first-order chi connectivity index (χ1) is 19.6. The minimum atomic E-state index is -0.990. The van der Waals surface area contributed by atoms with Crippen LogP contribution in [0.15, 0.2) is 36.5 Å². The zero-order valence-electron chi connectivity index (χ0n) is 22.4. The lowest BCUT2D eigenvalue weighted by Gasteiger charge is -2.20. The Hall–Kier alpha value is -4.45. The highest BCUT2D eigenvalue weighted by Crippen LogP contribution is 2.36. The Bertz CT molecular complexity index is 1680. The molecule has 1 aliphatic rings. The Balaban J connectivity index is 1.53. The molecule has 2 bridgehead atoms. The average molecular weight is 585 g/mol. The molecule has 214 valence electrons. The first kappa shape index (κ1) is 28.1. The van der Waals surface area contributed by atoms with Crippen molar-refractivity contribution in [2.75, 3.05) is 17.7 Å². The van der Waals surface area contributed by atoms with Crippen LogP contribution in [-0.2, 0) is 16.6 Å². The SMILES string of the molecule is COC(=O)Nc1ccc2c(c1)NC(=O)C(C)CCC[C@H](NC(=O)c1c(F)cc3c(ccn3C)c1F)c1nc-2c(Cl)[nH]1. The Labute approximate surface area is 238 Å². The monoisotopic (exact) mass is 584 g/mol. The first-order valence-corrected chi connectivity index (χ1v) is 13.2. The lowest BCUT2D eigenvalue weighted by molar-refractivity contribution is -0.119. The summed E-state index contributed by atoms with van der Waals surface area (Å²) in [5, 5.41) is 8.39. The van der Waals surface area contributed by atoms with Gasteiger partial charge in [0.05, 0.1) is 24.4 Å². The first-order valence-electron chi connectivity index (χ1n) is 12.9. The van der Waals surface area contributed by atoms with Crippen LogP contribution < -0.4 is 16.0 Å². The van der Waals surface area contributed by atoms with Crippen LogP contribution in [0.25, 0.3) is 22.2 Å². The third kappa shape index (κ3) is 5.47. The minimum absolute atomic E-state index is 0.124. The standard InChI is InChI=1S/C28H27ClF2N6O4/c1-13-5-4-6-18(33-27(39)21-17(30)12-20-16(22(21)31)9-10-37(20)2)25-35-23(24(29)36-25)15-8-7-14(32-28(40)41-3)11-19(15)34-26(13)38/h7-13,18H,4-6H2,1-3H3,(H,32,40)(H,33,39)(H,34,38)(H,35,36)/t13?,18-/m0/s1. The molecule has 3 amide bonds. The average Bonchev–Trinajstić information content (AvgIpc) is 3.50. The van der Waals surface area contributed by atoms with Gasteiger partial charge in [0.2, 0.25) is 5.91 Å². The highest BCUT2D eigenvalue weighted by molar-refractivity contribution is 6.32. The molecular weight excluding hydrogens is 558 g/mol. The number of halogens is 3. The fourth-order valence-corrected chi connectivity index (χ4v) is 5.12. The van der Waals surface area contributed by atoms with E-state index >= 15 is 4.39 Å². The van der Waals surface area contributed by atoms with Crippen molar-refractivity contribution < 1.29 is 27.9 Å². The quantitative estimate of drug-likeness (QED) is 0.238. The highest BCUT2D eigenvalue weighted by atomic mass is 35.5. The summed E-state index contributed by atoms with van der Waals surface area (Å²) in [7, 11) is 2.88. The highest BCUT2D eigenvalue weighted by Gasteiger charge is 2.28. The molecule has 0 spiro atoms. The van der Waals surface area contributed by atoms with Gasteiger partial charge in [-0.1, -0.05) is 24.9 Å². The zero-order valence-corrected chi connectivity index (χ0v) is 23.2. The van der Waals surface area contributed by atoms with Crippen LogP contribution in [0.5, 0.6) is 0 Å². The predicted molar refractivity (Wildman–Crippen MR) is 150 cm³/mol. The second kappa shape index (κ2) is 11.2. The van der Waals surface area contributed by atoms with Gasteiger partial charge in [-0.05, 0) is 43.2 Å². The van der Waals surface area contributed by atoms with Gasteiger partial charge >= 0.3 is 6.09 Å². The number of ether oxygens (including phenoxy) is 1. The maximum atomic E-state index is 15.3. The van der Waals surface area contributed by atoms with Gasteiger partial charge in [-0.25, -0.2) is 18.6 Å². The van der Waals surface area contributed by atoms with E-state index < -0.39 is 41.2 Å². The summed E-state index contributed by atoms with van der Waals surface area (Å²) in [5.74, 6) is -3.29. The number of aryl methyl sites for hydroxylation is 1. The Morgan fingerprint density at radius 2 is 1.98 bits per heavy atom. The number of hydrogen-bond donors (Lipinski definition) is 4. The summed E-state index contributed by atoms with van der Waals surface area (Å²) in [4.78, 5) is 45.6. The largest absolute Gasteiger partial charge is 0.453 e. The fraction of sp³-hybridized carbons (Fsp3) is 0.286. The van der Waals surface area contributed by atoms with Crippen LogP contribution in [0.1, 0.15) is 48.4 Å². The van der Waals surface area contributed by atoms with Crippen LogP contribution in [0.2, 0.25) is 5.15 Å². The molecule has 1 aliphatic heterocycles. The Morgan fingerprint density at radius 3 is 2.73 bits per heavy atom. The molecule has 1 unspecified atom stereocenters. The van der Waals surface area contributed by atoms with Gasteiger partial charge in [-0.3, -0.25) is 14.9 Å². The number of H-pyrrole nitrogens is 1.